The predicted molar refractivity (Wildman–Crippen MR) is 75.4 cm³/mol. The summed E-state index contributed by atoms with van der Waals surface area (Å²) in [4.78, 5) is 38.4. The average molecular weight is 301 g/mol. The number of imide groups is 1. The molecule has 2 rings (SSSR count). The van der Waals surface area contributed by atoms with Gasteiger partial charge in [0.05, 0.1) is 18.7 Å². The standard InChI is InChI=1S/C15H15N3O4/c1-15(11-6-4-10(8-16)5-7-11)13(20)18(9-12(19)22-3)14(21)17(15)2/h4-7H,9H2,1-3H3/t15-/m0/s1. The van der Waals surface area contributed by atoms with E-state index in [4.69, 9.17) is 5.26 Å². The Morgan fingerprint density at radius 3 is 2.41 bits per heavy atom. The van der Waals surface area contributed by atoms with Gasteiger partial charge in [-0.05, 0) is 24.6 Å². The third-order valence-corrected chi connectivity index (χ3v) is 3.94. The highest BCUT2D eigenvalue weighted by Crippen LogP contribution is 2.35. The van der Waals surface area contributed by atoms with Gasteiger partial charge in [-0.3, -0.25) is 14.5 Å². The fraction of sp³-hybridized carbons (Fsp3) is 0.333. The molecular weight excluding hydrogens is 286 g/mol. The van der Waals surface area contributed by atoms with E-state index in [-0.39, 0.29) is 0 Å². The molecule has 1 atom stereocenters. The molecule has 0 aromatic heterocycles. The van der Waals surface area contributed by atoms with Crippen molar-refractivity contribution in [1.29, 1.82) is 5.26 Å². The average Bonchev–Trinajstić information content (AvgIpc) is 2.71. The minimum absolute atomic E-state index is 0.426. The Morgan fingerprint density at radius 1 is 1.32 bits per heavy atom. The van der Waals surface area contributed by atoms with Gasteiger partial charge in [-0.1, -0.05) is 12.1 Å². The fourth-order valence-corrected chi connectivity index (χ4v) is 2.38. The molecule has 22 heavy (non-hydrogen) atoms. The lowest BCUT2D eigenvalue weighted by molar-refractivity contribution is -0.145. The summed E-state index contributed by atoms with van der Waals surface area (Å²) in [6, 6.07) is 7.84. The molecule has 0 bridgehead atoms. The van der Waals surface area contributed by atoms with E-state index in [1.165, 1.54) is 19.1 Å². The van der Waals surface area contributed by atoms with Crippen LogP contribution < -0.4 is 0 Å². The van der Waals surface area contributed by atoms with Gasteiger partial charge in [0.2, 0.25) is 0 Å². The predicted octanol–water partition coefficient (Wildman–Crippen LogP) is 0.840. The molecule has 1 aliphatic heterocycles. The van der Waals surface area contributed by atoms with Crippen LogP contribution in [-0.4, -0.2) is 48.4 Å². The zero-order valence-electron chi connectivity index (χ0n) is 12.5. The summed E-state index contributed by atoms with van der Waals surface area (Å²) in [5.41, 5.74) is -0.197. The molecule has 114 valence electrons. The minimum Gasteiger partial charge on any atom is -0.468 e. The fourth-order valence-electron chi connectivity index (χ4n) is 2.38. The summed E-state index contributed by atoms with van der Waals surface area (Å²) >= 11 is 0. The number of ether oxygens (including phenoxy) is 1. The highest BCUT2D eigenvalue weighted by Gasteiger charge is 2.54. The van der Waals surface area contributed by atoms with Crippen LogP contribution in [0.4, 0.5) is 4.79 Å². The smallest absolute Gasteiger partial charge is 0.328 e. The SMILES string of the molecule is COC(=O)CN1C(=O)N(C)[C@@](C)(c2ccc(C#N)cc2)C1=O. The first-order chi connectivity index (χ1) is 10.4. The number of rotatable bonds is 3. The van der Waals surface area contributed by atoms with Gasteiger partial charge in [0.25, 0.3) is 5.91 Å². The summed E-state index contributed by atoms with van der Waals surface area (Å²) in [5.74, 6) is -1.17. The molecule has 7 nitrogen and oxygen atoms in total. The zero-order chi connectivity index (χ0) is 16.5. The van der Waals surface area contributed by atoms with Crippen LogP contribution in [0.1, 0.15) is 18.1 Å². The van der Waals surface area contributed by atoms with Gasteiger partial charge >= 0.3 is 12.0 Å². The van der Waals surface area contributed by atoms with Crippen LogP contribution in [0.3, 0.4) is 0 Å². The summed E-state index contributed by atoms with van der Waals surface area (Å²) in [7, 11) is 2.69. The van der Waals surface area contributed by atoms with E-state index in [0.29, 0.717) is 11.1 Å². The molecule has 7 heteroatoms. The number of carbonyl (C=O) groups excluding carboxylic acids is 3. The molecule has 1 fully saturated rings. The topological polar surface area (TPSA) is 90.7 Å². The van der Waals surface area contributed by atoms with Crippen LogP contribution >= 0.6 is 0 Å². The number of nitriles is 1. The van der Waals surface area contributed by atoms with E-state index < -0.39 is 30.0 Å². The second-order valence-electron chi connectivity index (χ2n) is 5.07. The molecule has 0 unspecified atom stereocenters. The molecule has 0 aliphatic carbocycles. The summed E-state index contributed by atoms with van der Waals surface area (Å²) < 4.78 is 4.51. The van der Waals surface area contributed by atoms with Gasteiger partial charge in [-0.25, -0.2) is 4.79 Å². The molecule has 3 amide bonds. The quantitative estimate of drug-likeness (QED) is 0.609. The zero-order valence-corrected chi connectivity index (χ0v) is 12.5. The minimum atomic E-state index is -1.22. The van der Waals surface area contributed by atoms with Crippen molar-refractivity contribution in [2.75, 3.05) is 20.7 Å². The number of carbonyl (C=O) groups is 3. The first-order valence-electron chi connectivity index (χ1n) is 6.53. The van der Waals surface area contributed by atoms with Crippen molar-refractivity contribution < 1.29 is 19.1 Å². The lowest BCUT2D eigenvalue weighted by Crippen LogP contribution is -2.42. The van der Waals surface area contributed by atoms with Gasteiger partial charge in [-0.2, -0.15) is 5.26 Å². The largest absolute Gasteiger partial charge is 0.468 e. The maximum absolute atomic E-state index is 12.6. The Balaban J connectivity index is 2.40. The van der Waals surface area contributed by atoms with Crippen molar-refractivity contribution in [3.8, 4) is 6.07 Å². The third-order valence-electron chi connectivity index (χ3n) is 3.94. The number of nitrogens with zero attached hydrogens (tertiary/aromatic N) is 3. The van der Waals surface area contributed by atoms with Crippen molar-refractivity contribution >= 4 is 17.9 Å². The summed E-state index contributed by atoms with van der Waals surface area (Å²) in [6.07, 6.45) is 0. The third kappa shape index (κ3) is 2.19. The van der Waals surface area contributed by atoms with Gasteiger partial charge < -0.3 is 9.64 Å². The Bertz CT molecular complexity index is 677. The molecule has 1 aliphatic rings. The van der Waals surface area contributed by atoms with Gasteiger partial charge in [-0.15, -0.1) is 0 Å². The van der Waals surface area contributed by atoms with Crippen molar-refractivity contribution in [2.45, 2.75) is 12.5 Å². The number of methoxy groups -OCH3 is 1. The first kappa shape index (κ1) is 15.5. The first-order valence-corrected chi connectivity index (χ1v) is 6.53. The van der Waals surface area contributed by atoms with Crippen LogP contribution in [0.2, 0.25) is 0 Å². The molecule has 0 saturated carbocycles. The number of hydrogen-bond donors (Lipinski definition) is 0. The maximum atomic E-state index is 12.6. The number of benzene rings is 1. The van der Waals surface area contributed by atoms with E-state index in [9.17, 15) is 14.4 Å². The van der Waals surface area contributed by atoms with Crippen molar-refractivity contribution in [1.82, 2.24) is 9.80 Å². The Kier molecular flexibility index (Phi) is 3.87. The number of likely N-dealkylation sites (N-methyl/N-ethyl adjacent to an activating group) is 1. The van der Waals surface area contributed by atoms with Crippen molar-refractivity contribution in [3.63, 3.8) is 0 Å². The molecular formula is C15H15N3O4. The van der Waals surface area contributed by atoms with Crippen LogP contribution in [0.15, 0.2) is 24.3 Å². The Hall–Kier alpha value is -2.88. The molecule has 1 heterocycles. The van der Waals surface area contributed by atoms with E-state index in [1.54, 1.807) is 31.2 Å². The van der Waals surface area contributed by atoms with E-state index >= 15 is 0 Å². The van der Waals surface area contributed by atoms with Crippen LogP contribution in [0.5, 0.6) is 0 Å². The normalized spacial score (nSPS) is 21.0. The van der Waals surface area contributed by atoms with Crippen LogP contribution in [0, 0.1) is 11.3 Å². The second-order valence-corrected chi connectivity index (χ2v) is 5.07. The summed E-state index contributed by atoms with van der Waals surface area (Å²) in [5, 5.41) is 8.83. The Morgan fingerprint density at radius 2 is 1.91 bits per heavy atom. The highest BCUT2D eigenvalue weighted by molar-refractivity contribution is 6.08. The molecule has 0 radical (unpaired) electrons. The van der Waals surface area contributed by atoms with Gasteiger partial charge in [0.1, 0.15) is 12.1 Å². The van der Waals surface area contributed by atoms with Crippen molar-refractivity contribution in [2.24, 2.45) is 0 Å². The van der Waals surface area contributed by atoms with E-state index in [1.807, 2.05) is 6.07 Å². The van der Waals surface area contributed by atoms with E-state index in [0.717, 1.165) is 4.90 Å². The number of amides is 3. The lowest BCUT2D eigenvalue weighted by Gasteiger charge is -2.28. The highest BCUT2D eigenvalue weighted by atomic mass is 16.5. The van der Waals surface area contributed by atoms with E-state index in [2.05, 4.69) is 4.74 Å². The molecule has 1 saturated heterocycles. The van der Waals surface area contributed by atoms with Gasteiger partial charge in [0, 0.05) is 7.05 Å². The number of urea groups is 1. The monoisotopic (exact) mass is 301 g/mol. The Labute approximate surface area is 127 Å². The van der Waals surface area contributed by atoms with Crippen LogP contribution in [0.25, 0.3) is 0 Å². The summed E-state index contributed by atoms with van der Waals surface area (Å²) in [6.45, 7) is 1.18. The van der Waals surface area contributed by atoms with Gasteiger partial charge in [0.15, 0.2) is 0 Å². The molecule has 0 N–H and O–H groups in total. The number of hydrogen-bond acceptors (Lipinski definition) is 5. The van der Waals surface area contributed by atoms with Crippen molar-refractivity contribution in [3.05, 3.63) is 35.4 Å². The maximum Gasteiger partial charge on any atom is 0.328 e. The second kappa shape index (κ2) is 5.48. The lowest BCUT2D eigenvalue weighted by atomic mass is 9.90. The molecule has 1 aromatic rings. The number of esters is 1. The van der Waals surface area contributed by atoms with Crippen LogP contribution in [-0.2, 0) is 19.9 Å². The molecule has 0 spiro atoms. The molecule has 1 aromatic carbocycles.